The van der Waals surface area contributed by atoms with E-state index in [0.717, 1.165) is 43.4 Å². The van der Waals surface area contributed by atoms with Crippen LogP contribution in [-0.2, 0) is 16.0 Å². The molecule has 1 saturated heterocycles. The Balaban J connectivity index is 1.40. The first-order valence-corrected chi connectivity index (χ1v) is 13.1. The van der Waals surface area contributed by atoms with Crippen LogP contribution in [0.2, 0.25) is 0 Å². The highest BCUT2D eigenvalue weighted by Gasteiger charge is 2.33. The Morgan fingerprint density at radius 3 is 2.28 bits per heavy atom. The Morgan fingerprint density at radius 1 is 0.972 bits per heavy atom. The van der Waals surface area contributed by atoms with Crippen molar-refractivity contribution in [1.82, 2.24) is 5.32 Å². The van der Waals surface area contributed by atoms with Gasteiger partial charge < -0.3 is 10.1 Å². The van der Waals surface area contributed by atoms with E-state index in [0.29, 0.717) is 24.8 Å². The molecule has 1 amide bonds. The molecule has 3 aromatic carbocycles. The van der Waals surface area contributed by atoms with Crippen molar-refractivity contribution in [3.05, 3.63) is 107 Å². The monoisotopic (exact) mass is 487 g/mol. The van der Waals surface area contributed by atoms with Crippen molar-refractivity contribution >= 4 is 5.91 Å². The Labute approximate surface area is 215 Å². The lowest BCUT2D eigenvalue weighted by molar-refractivity contribution is -0.121. The molecule has 0 aromatic heterocycles. The van der Waals surface area contributed by atoms with Gasteiger partial charge in [-0.1, -0.05) is 72.8 Å². The number of carbonyl (C=O) groups is 1. The summed E-state index contributed by atoms with van der Waals surface area (Å²) >= 11 is 0. The number of rotatable bonds is 10. The van der Waals surface area contributed by atoms with Gasteiger partial charge in [-0.15, -0.1) is 0 Å². The van der Waals surface area contributed by atoms with Crippen molar-refractivity contribution in [1.29, 1.82) is 0 Å². The maximum atomic E-state index is 13.5. The highest BCUT2D eigenvalue weighted by Crippen LogP contribution is 2.36. The molecule has 190 valence electrons. The number of hydrogen-bond donors (Lipinski definition) is 1. The van der Waals surface area contributed by atoms with Gasteiger partial charge in [-0.2, -0.15) is 0 Å². The fraction of sp³-hybridized carbons (Fsp3) is 0.406. The quantitative estimate of drug-likeness (QED) is 0.337. The number of amides is 1. The third kappa shape index (κ3) is 7.51. The van der Waals surface area contributed by atoms with Crippen LogP contribution in [0, 0.1) is 17.7 Å². The molecule has 0 radical (unpaired) electrons. The largest absolute Gasteiger partial charge is 0.376 e. The molecule has 4 heteroatoms. The second-order valence-corrected chi connectivity index (χ2v) is 10.7. The van der Waals surface area contributed by atoms with E-state index >= 15 is 0 Å². The van der Waals surface area contributed by atoms with Crippen molar-refractivity contribution in [3.63, 3.8) is 0 Å². The van der Waals surface area contributed by atoms with Crippen molar-refractivity contribution in [3.8, 4) is 0 Å². The van der Waals surface area contributed by atoms with Crippen LogP contribution in [0.1, 0.15) is 62.1 Å². The molecule has 36 heavy (non-hydrogen) atoms. The summed E-state index contributed by atoms with van der Waals surface area (Å²) in [4.78, 5) is 13.1. The lowest BCUT2D eigenvalue weighted by atomic mass is 9.75. The lowest BCUT2D eigenvalue weighted by Gasteiger charge is -2.39. The Bertz CT molecular complexity index is 1080. The van der Waals surface area contributed by atoms with Crippen LogP contribution < -0.4 is 5.32 Å². The van der Waals surface area contributed by atoms with Crippen LogP contribution in [0.4, 0.5) is 4.39 Å². The molecule has 3 nitrogen and oxygen atoms in total. The van der Waals surface area contributed by atoms with Gasteiger partial charge in [-0.3, -0.25) is 4.79 Å². The second kappa shape index (κ2) is 12.3. The Kier molecular flexibility index (Phi) is 8.93. The average molecular weight is 488 g/mol. The van der Waals surface area contributed by atoms with Crippen molar-refractivity contribution in [2.45, 2.75) is 57.5 Å². The molecule has 1 aliphatic heterocycles. The summed E-state index contributed by atoms with van der Waals surface area (Å²) in [5, 5.41) is 3.20. The summed E-state index contributed by atoms with van der Waals surface area (Å²) < 4.78 is 19.5. The maximum absolute atomic E-state index is 13.5. The standard InChI is InChI=1S/C32H38FNO2/c1-32(2)23-28(18-20-36-32)27(21-24-9-5-3-6-10-24)17-19-34-31(35)22-30(25-11-7-4-8-12-25)26-13-15-29(33)16-14-26/h3-16,27-28,30H,17-23H2,1-2H3,(H,34,35)/t27-,28+,30+/m0/s1. The summed E-state index contributed by atoms with van der Waals surface area (Å²) in [6, 6.07) is 27.1. The summed E-state index contributed by atoms with van der Waals surface area (Å²) in [6.45, 7) is 5.81. The lowest BCUT2D eigenvalue weighted by Crippen LogP contribution is -2.38. The molecule has 1 fully saturated rings. The minimum atomic E-state index is -0.268. The summed E-state index contributed by atoms with van der Waals surface area (Å²) in [6.07, 6.45) is 4.39. The zero-order chi connectivity index (χ0) is 25.4. The Hall–Kier alpha value is -2.98. The minimum Gasteiger partial charge on any atom is -0.376 e. The van der Waals surface area contributed by atoms with Crippen LogP contribution in [-0.4, -0.2) is 24.7 Å². The highest BCUT2D eigenvalue weighted by molar-refractivity contribution is 5.77. The van der Waals surface area contributed by atoms with Gasteiger partial charge in [0.1, 0.15) is 5.82 Å². The number of nitrogens with one attached hydrogen (secondary N) is 1. The SMILES string of the molecule is CC1(C)C[C@H]([C@@H](CCNC(=O)C[C@H](c2ccccc2)c2ccc(F)cc2)Cc2ccccc2)CCO1. The summed E-state index contributed by atoms with van der Waals surface area (Å²) in [5.74, 6) is 0.706. The van der Waals surface area contributed by atoms with Gasteiger partial charge in [0, 0.05) is 25.5 Å². The molecule has 0 bridgehead atoms. The molecule has 0 aliphatic carbocycles. The van der Waals surface area contributed by atoms with E-state index < -0.39 is 0 Å². The zero-order valence-electron chi connectivity index (χ0n) is 21.5. The van der Waals surface area contributed by atoms with Gasteiger partial charge >= 0.3 is 0 Å². The fourth-order valence-electron chi connectivity index (χ4n) is 5.57. The minimum absolute atomic E-state index is 0.0268. The van der Waals surface area contributed by atoms with E-state index in [-0.39, 0.29) is 23.2 Å². The van der Waals surface area contributed by atoms with Gasteiger partial charge in [0.2, 0.25) is 5.91 Å². The van der Waals surface area contributed by atoms with Crippen molar-refractivity contribution < 1.29 is 13.9 Å². The van der Waals surface area contributed by atoms with Crippen molar-refractivity contribution in [2.24, 2.45) is 11.8 Å². The van der Waals surface area contributed by atoms with E-state index in [4.69, 9.17) is 4.74 Å². The number of halogens is 1. The maximum Gasteiger partial charge on any atom is 0.220 e. The first-order valence-electron chi connectivity index (χ1n) is 13.1. The number of ether oxygens (including phenoxy) is 1. The van der Waals surface area contributed by atoms with E-state index in [1.54, 1.807) is 12.1 Å². The third-order valence-electron chi connectivity index (χ3n) is 7.44. The summed E-state index contributed by atoms with van der Waals surface area (Å²) in [5.41, 5.74) is 3.26. The second-order valence-electron chi connectivity index (χ2n) is 10.7. The van der Waals surface area contributed by atoms with Gasteiger partial charge in [0.05, 0.1) is 5.60 Å². The average Bonchev–Trinajstić information content (AvgIpc) is 2.88. The molecule has 0 unspecified atom stereocenters. The molecule has 0 saturated carbocycles. The van der Waals surface area contributed by atoms with Crippen LogP contribution in [0.3, 0.4) is 0 Å². The molecule has 3 atom stereocenters. The predicted octanol–water partition coefficient (Wildman–Crippen LogP) is 6.92. The molecule has 0 spiro atoms. The molecule has 1 heterocycles. The fourth-order valence-corrected chi connectivity index (χ4v) is 5.57. The van der Waals surface area contributed by atoms with Gasteiger partial charge in [-0.25, -0.2) is 4.39 Å². The zero-order valence-corrected chi connectivity index (χ0v) is 21.5. The van der Waals surface area contributed by atoms with Gasteiger partial charge in [0.25, 0.3) is 0 Å². The van der Waals surface area contributed by atoms with Crippen LogP contribution in [0.5, 0.6) is 0 Å². The van der Waals surface area contributed by atoms with Gasteiger partial charge in [0.15, 0.2) is 0 Å². The molecule has 3 aromatic rings. The third-order valence-corrected chi connectivity index (χ3v) is 7.44. The molecular weight excluding hydrogens is 449 g/mol. The smallest absolute Gasteiger partial charge is 0.220 e. The number of benzene rings is 3. The topological polar surface area (TPSA) is 38.3 Å². The molecular formula is C32H38FNO2. The first kappa shape index (κ1) is 26.1. The van der Waals surface area contributed by atoms with E-state index in [9.17, 15) is 9.18 Å². The van der Waals surface area contributed by atoms with Crippen LogP contribution >= 0.6 is 0 Å². The first-order chi connectivity index (χ1) is 17.4. The van der Waals surface area contributed by atoms with Gasteiger partial charge in [-0.05, 0) is 80.2 Å². The normalized spacial score (nSPS) is 18.8. The predicted molar refractivity (Wildman–Crippen MR) is 143 cm³/mol. The van der Waals surface area contributed by atoms with Crippen LogP contribution in [0.25, 0.3) is 0 Å². The van der Waals surface area contributed by atoms with E-state index in [2.05, 4.69) is 49.5 Å². The summed E-state index contributed by atoms with van der Waals surface area (Å²) in [7, 11) is 0. The molecule has 1 aliphatic rings. The molecule has 4 rings (SSSR count). The highest BCUT2D eigenvalue weighted by atomic mass is 19.1. The Morgan fingerprint density at radius 2 is 1.61 bits per heavy atom. The van der Waals surface area contributed by atoms with E-state index in [1.807, 2.05) is 30.3 Å². The van der Waals surface area contributed by atoms with Crippen LogP contribution in [0.15, 0.2) is 84.9 Å². The van der Waals surface area contributed by atoms with Crippen molar-refractivity contribution in [2.75, 3.05) is 13.2 Å². The molecule has 1 N–H and O–H groups in total. The number of hydrogen-bond acceptors (Lipinski definition) is 2. The number of carbonyl (C=O) groups excluding carboxylic acids is 1. The van der Waals surface area contributed by atoms with E-state index in [1.165, 1.54) is 17.7 Å².